The first-order chi connectivity index (χ1) is 12.1. The number of benzene rings is 1. The Morgan fingerprint density at radius 3 is 2.60 bits per heavy atom. The Bertz CT molecular complexity index is 633. The van der Waals surface area contributed by atoms with Crippen LogP contribution in [0.3, 0.4) is 0 Å². The zero-order valence-electron chi connectivity index (χ0n) is 15.8. The van der Waals surface area contributed by atoms with Gasteiger partial charge in [-0.05, 0) is 70.2 Å². The van der Waals surface area contributed by atoms with Crippen LogP contribution in [0.5, 0.6) is 0 Å². The van der Waals surface area contributed by atoms with Crippen molar-refractivity contribution in [3.8, 4) is 0 Å². The zero-order chi connectivity index (χ0) is 17.4. The largest absolute Gasteiger partial charge is 0.363 e. The smallest absolute Gasteiger partial charge is 0.149 e. The third-order valence-corrected chi connectivity index (χ3v) is 7.14. The molecule has 1 aliphatic carbocycles. The summed E-state index contributed by atoms with van der Waals surface area (Å²) in [4.78, 5) is 16.8. The van der Waals surface area contributed by atoms with Crippen LogP contribution < -0.4 is 4.90 Å². The highest BCUT2D eigenvalue weighted by atomic mass is 16.1. The molecule has 1 spiro atoms. The molecule has 0 amide bonds. The minimum Gasteiger partial charge on any atom is -0.363 e. The average Bonchev–Trinajstić information content (AvgIpc) is 3.23. The number of nitrogens with zero attached hydrogens (tertiary/aromatic N) is 2. The Labute approximate surface area is 153 Å². The molecule has 0 bridgehead atoms. The van der Waals surface area contributed by atoms with Crippen LogP contribution in [0, 0.1) is 5.92 Å². The SMILES string of the molecule is CC(=O)CN1CC2(CCN(C(C)C3CCCC3)CC2)c2ccccc21.[HH]. The van der Waals surface area contributed by atoms with Gasteiger partial charge in [0.2, 0.25) is 0 Å². The summed E-state index contributed by atoms with van der Waals surface area (Å²) >= 11 is 0. The Hall–Kier alpha value is -1.35. The fourth-order valence-corrected chi connectivity index (χ4v) is 5.67. The molecule has 1 atom stereocenters. The van der Waals surface area contributed by atoms with Crippen molar-refractivity contribution < 1.29 is 6.22 Å². The third-order valence-electron chi connectivity index (χ3n) is 7.14. The highest BCUT2D eigenvalue weighted by Crippen LogP contribution is 2.47. The predicted molar refractivity (Wildman–Crippen MR) is 105 cm³/mol. The molecule has 25 heavy (non-hydrogen) atoms. The lowest BCUT2D eigenvalue weighted by Crippen LogP contribution is -2.49. The topological polar surface area (TPSA) is 23.6 Å². The quantitative estimate of drug-likeness (QED) is 0.817. The Morgan fingerprint density at radius 1 is 1.24 bits per heavy atom. The lowest BCUT2D eigenvalue weighted by molar-refractivity contribution is -0.115. The maximum absolute atomic E-state index is 11.7. The molecule has 1 saturated carbocycles. The zero-order valence-corrected chi connectivity index (χ0v) is 15.8. The van der Waals surface area contributed by atoms with E-state index in [2.05, 4.69) is 41.0 Å². The summed E-state index contributed by atoms with van der Waals surface area (Å²) in [5, 5.41) is 0. The normalized spacial score (nSPS) is 24.6. The van der Waals surface area contributed by atoms with Crippen LogP contribution in [0.2, 0.25) is 0 Å². The summed E-state index contributed by atoms with van der Waals surface area (Å²) in [6.45, 7) is 8.16. The van der Waals surface area contributed by atoms with E-state index in [1.807, 2.05) is 0 Å². The summed E-state index contributed by atoms with van der Waals surface area (Å²) in [5.74, 6) is 1.18. The molecule has 1 saturated heterocycles. The van der Waals surface area contributed by atoms with Crippen molar-refractivity contribution >= 4 is 11.5 Å². The number of para-hydroxylation sites is 1. The molecule has 3 heteroatoms. The summed E-state index contributed by atoms with van der Waals surface area (Å²) < 4.78 is 0. The Balaban J connectivity index is 0.00000196. The number of likely N-dealkylation sites (tertiary alicyclic amines) is 1. The van der Waals surface area contributed by atoms with Crippen molar-refractivity contribution in [3.63, 3.8) is 0 Å². The van der Waals surface area contributed by atoms with Crippen molar-refractivity contribution in [2.45, 2.75) is 63.8 Å². The van der Waals surface area contributed by atoms with Gasteiger partial charge in [-0.15, -0.1) is 0 Å². The van der Waals surface area contributed by atoms with E-state index in [1.54, 1.807) is 6.92 Å². The number of piperidine rings is 1. The van der Waals surface area contributed by atoms with E-state index in [9.17, 15) is 4.79 Å². The van der Waals surface area contributed by atoms with Crippen LogP contribution in [0.25, 0.3) is 0 Å². The standard InChI is InChI=1S/C22H32N2O.H2/c1-17(25)15-24-16-22(20-9-5-6-10-21(20)24)11-13-23(14-12-22)18(2)19-7-3-4-8-19;/h5-6,9-10,18-19H,3-4,7-8,11-16H2,1-2H3;1H. The number of carbonyl (C=O) groups excluding carboxylic acids is 1. The molecule has 138 valence electrons. The molecule has 0 aromatic heterocycles. The molecule has 4 rings (SSSR count). The van der Waals surface area contributed by atoms with E-state index in [1.165, 1.54) is 62.9 Å². The maximum Gasteiger partial charge on any atom is 0.149 e. The van der Waals surface area contributed by atoms with Gasteiger partial charge >= 0.3 is 0 Å². The van der Waals surface area contributed by atoms with Gasteiger partial charge in [-0.25, -0.2) is 0 Å². The number of ketones is 1. The maximum atomic E-state index is 11.7. The van der Waals surface area contributed by atoms with Gasteiger partial charge in [-0.1, -0.05) is 31.0 Å². The van der Waals surface area contributed by atoms with E-state index < -0.39 is 0 Å². The van der Waals surface area contributed by atoms with E-state index in [-0.39, 0.29) is 12.6 Å². The van der Waals surface area contributed by atoms with Crippen molar-refractivity contribution in [2.75, 3.05) is 31.1 Å². The van der Waals surface area contributed by atoms with Gasteiger partial charge in [0.15, 0.2) is 0 Å². The second kappa shape index (κ2) is 6.75. The summed E-state index contributed by atoms with van der Waals surface area (Å²) in [6.07, 6.45) is 8.18. The number of fused-ring (bicyclic) bond motifs is 2. The molecule has 2 aliphatic heterocycles. The number of hydrogen-bond acceptors (Lipinski definition) is 3. The highest BCUT2D eigenvalue weighted by Gasteiger charge is 2.45. The lowest BCUT2D eigenvalue weighted by Gasteiger charge is -2.43. The van der Waals surface area contributed by atoms with Crippen LogP contribution in [0.1, 0.15) is 59.4 Å². The Morgan fingerprint density at radius 2 is 1.92 bits per heavy atom. The van der Waals surface area contributed by atoms with Crippen molar-refractivity contribution in [2.24, 2.45) is 5.92 Å². The van der Waals surface area contributed by atoms with Crippen molar-refractivity contribution in [1.82, 2.24) is 4.90 Å². The van der Waals surface area contributed by atoms with Crippen LogP contribution in [-0.4, -0.2) is 42.9 Å². The number of rotatable bonds is 4. The summed E-state index contributed by atoms with van der Waals surface area (Å²) in [7, 11) is 0. The van der Waals surface area contributed by atoms with Gasteiger partial charge in [0.1, 0.15) is 5.78 Å². The predicted octanol–water partition coefficient (Wildman–Crippen LogP) is 4.25. The molecular formula is C22H34N2O. The molecule has 0 radical (unpaired) electrons. The number of carbonyl (C=O) groups is 1. The van der Waals surface area contributed by atoms with Gasteiger partial charge in [0, 0.05) is 25.1 Å². The second-order valence-electron chi connectivity index (χ2n) is 8.68. The van der Waals surface area contributed by atoms with Gasteiger partial charge in [0.25, 0.3) is 0 Å². The Kier molecular flexibility index (Phi) is 4.61. The van der Waals surface area contributed by atoms with Crippen LogP contribution in [0.4, 0.5) is 5.69 Å². The third kappa shape index (κ3) is 3.12. The first-order valence-corrected chi connectivity index (χ1v) is 10.2. The van der Waals surface area contributed by atoms with Gasteiger partial charge in [-0.2, -0.15) is 0 Å². The number of Topliss-reactive ketones (excluding diaryl/α,β-unsaturated/α-hetero) is 1. The summed E-state index contributed by atoms with van der Waals surface area (Å²) in [6, 6.07) is 9.55. The van der Waals surface area contributed by atoms with Crippen LogP contribution in [0.15, 0.2) is 24.3 Å². The van der Waals surface area contributed by atoms with Gasteiger partial charge in [0.05, 0.1) is 6.54 Å². The first-order valence-electron chi connectivity index (χ1n) is 10.2. The van der Waals surface area contributed by atoms with E-state index in [0.29, 0.717) is 6.54 Å². The van der Waals surface area contributed by atoms with Crippen LogP contribution in [-0.2, 0) is 10.2 Å². The minimum absolute atomic E-state index is 0. The van der Waals surface area contributed by atoms with Crippen molar-refractivity contribution in [3.05, 3.63) is 29.8 Å². The van der Waals surface area contributed by atoms with E-state index >= 15 is 0 Å². The molecule has 0 N–H and O–H groups in total. The molecule has 1 aromatic carbocycles. The molecule has 1 aromatic rings. The number of hydrogen-bond donors (Lipinski definition) is 0. The minimum atomic E-state index is 0. The van der Waals surface area contributed by atoms with Gasteiger partial charge in [-0.3, -0.25) is 4.79 Å². The van der Waals surface area contributed by atoms with E-state index in [4.69, 9.17) is 0 Å². The van der Waals surface area contributed by atoms with E-state index in [0.717, 1.165) is 18.5 Å². The molecule has 3 aliphatic rings. The fourth-order valence-electron chi connectivity index (χ4n) is 5.67. The molecular weight excluding hydrogens is 308 g/mol. The highest BCUT2D eigenvalue weighted by molar-refractivity contribution is 5.82. The lowest BCUT2D eigenvalue weighted by atomic mass is 9.74. The number of anilines is 1. The average molecular weight is 343 g/mol. The first kappa shape index (κ1) is 17.1. The molecule has 2 fully saturated rings. The van der Waals surface area contributed by atoms with Crippen LogP contribution >= 0.6 is 0 Å². The molecule has 3 nitrogen and oxygen atoms in total. The monoisotopic (exact) mass is 342 g/mol. The fraction of sp³-hybridized carbons (Fsp3) is 0.682. The molecule has 2 heterocycles. The second-order valence-corrected chi connectivity index (χ2v) is 8.68. The molecule has 1 unspecified atom stereocenters. The van der Waals surface area contributed by atoms with Gasteiger partial charge < -0.3 is 9.80 Å². The van der Waals surface area contributed by atoms with Crippen molar-refractivity contribution in [1.29, 1.82) is 0 Å². The summed E-state index contributed by atoms with van der Waals surface area (Å²) in [5.41, 5.74) is 3.05.